The number of imidazole rings is 1. The fourth-order valence-electron chi connectivity index (χ4n) is 4.06. The largest absolute Gasteiger partial charge is 0.383 e. The van der Waals surface area contributed by atoms with Crippen molar-refractivity contribution < 1.29 is 0 Å². The predicted octanol–water partition coefficient (Wildman–Crippen LogP) is 5.38. The van der Waals surface area contributed by atoms with Gasteiger partial charge in [0.05, 0.1) is 5.52 Å². The van der Waals surface area contributed by atoms with Crippen molar-refractivity contribution in [1.82, 2.24) is 24.7 Å². The normalized spacial score (nSPS) is 11.7. The minimum atomic E-state index is -0.567. The van der Waals surface area contributed by atoms with Gasteiger partial charge in [0.2, 0.25) is 5.65 Å². The highest BCUT2D eigenvalue weighted by atomic mass is 15.2. The van der Waals surface area contributed by atoms with E-state index in [0.717, 1.165) is 50.2 Å². The van der Waals surface area contributed by atoms with Crippen molar-refractivity contribution in [3.63, 3.8) is 0 Å². The number of benzene rings is 2. The van der Waals surface area contributed by atoms with Gasteiger partial charge in [0.15, 0.2) is 0 Å². The van der Waals surface area contributed by atoms with E-state index in [9.17, 15) is 0 Å². The van der Waals surface area contributed by atoms with Crippen molar-refractivity contribution in [2.75, 3.05) is 5.73 Å². The van der Waals surface area contributed by atoms with Crippen LogP contribution < -0.4 is 5.73 Å². The van der Waals surface area contributed by atoms with E-state index in [1.807, 2.05) is 70.2 Å². The van der Waals surface area contributed by atoms with Crippen molar-refractivity contribution in [3.05, 3.63) is 83.1 Å². The Kier molecular flexibility index (Phi) is 4.61. The fraction of sp³-hybridized carbons (Fsp3) is 0.192. The van der Waals surface area contributed by atoms with Crippen LogP contribution in [-0.2, 0) is 5.54 Å². The maximum absolute atomic E-state index is 7.47. The fourth-order valence-corrected chi connectivity index (χ4v) is 4.06. The topological polar surface area (TPSA) is 86.9 Å². The summed E-state index contributed by atoms with van der Waals surface area (Å²) in [4.78, 5) is 12.7. The van der Waals surface area contributed by atoms with Gasteiger partial charge in [-0.05, 0) is 67.4 Å². The monoisotopic (exact) mass is 433 g/mol. The van der Waals surface area contributed by atoms with Crippen LogP contribution in [-0.4, -0.2) is 24.7 Å². The van der Waals surface area contributed by atoms with Gasteiger partial charge in [0.1, 0.15) is 17.2 Å². The molecule has 33 heavy (non-hydrogen) atoms. The Bertz CT molecular complexity index is 1570. The maximum atomic E-state index is 7.47. The summed E-state index contributed by atoms with van der Waals surface area (Å²) in [6.07, 6.45) is 1.79. The standard InChI is InChI=1S/C26H23N7/c1-15-12-18(14-29-24(15)27)17-6-11-22-21(13-17)23-25(32-31-22)30-16(2)33(23)20-9-7-19(8-10-20)26(3,4)28-5/h6-14H,1-4H3,(H2,27,29). The molecule has 0 bridgehead atoms. The van der Waals surface area contributed by atoms with Crippen molar-refractivity contribution >= 4 is 27.9 Å². The van der Waals surface area contributed by atoms with Crippen LogP contribution in [0.4, 0.5) is 5.82 Å². The molecule has 0 amide bonds. The van der Waals surface area contributed by atoms with Gasteiger partial charge >= 0.3 is 0 Å². The number of nitrogen functional groups attached to an aromatic ring is 1. The highest BCUT2D eigenvalue weighted by Crippen LogP contribution is 2.32. The van der Waals surface area contributed by atoms with E-state index >= 15 is 0 Å². The Morgan fingerprint density at radius 2 is 1.73 bits per heavy atom. The van der Waals surface area contributed by atoms with Crippen molar-refractivity contribution in [1.29, 1.82) is 0 Å². The molecular weight excluding hydrogens is 410 g/mol. The Labute approximate surface area is 191 Å². The summed E-state index contributed by atoms with van der Waals surface area (Å²) >= 11 is 0. The van der Waals surface area contributed by atoms with Crippen LogP contribution in [0, 0.1) is 20.4 Å². The number of nitrogens with zero attached hydrogens (tertiary/aromatic N) is 6. The van der Waals surface area contributed by atoms with Gasteiger partial charge in [-0.25, -0.2) is 16.5 Å². The van der Waals surface area contributed by atoms with Gasteiger partial charge in [-0.3, -0.25) is 4.57 Å². The van der Waals surface area contributed by atoms with Crippen molar-refractivity contribution in [2.45, 2.75) is 33.2 Å². The SMILES string of the molecule is [C-]#[N+]C(C)(C)c1ccc(-n2c(C)nc3nnc4ccc(-c5cnc(N)c(C)c5)cc4c32)cc1. The number of pyridine rings is 1. The molecule has 7 nitrogen and oxygen atoms in total. The quantitative estimate of drug-likeness (QED) is 0.386. The summed E-state index contributed by atoms with van der Waals surface area (Å²) in [5, 5.41) is 9.71. The second-order valence-corrected chi connectivity index (χ2v) is 8.74. The molecule has 5 aromatic rings. The van der Waals surface area contributed by atoms with Gasteiger partial charge in [-0.2, -0.15) is 0 Å². The number of rotatable bonds is 3. The summed E-state index contributed by atoms with van der Waals surface area (Å²) in [7, 11) is 0. The summed E-state index contributed by atoms with van der Waals surface area (Å²) in [5.74, 6) is 1.35. The number of hydrogen-bond donors (Lipinski definition) is 1. The Hall–Kier alpha value is -4.31. The zero-order valence-corrected chi connectivity index (χ0v) is 19.0. The molecule has 0 spiro atoms. The van der Waals surface area contributed by atoms with Crippen molar-refractivity contribution in [2.24, 2.45) is 0 Å². The second kappa shape index (κ2) is 7.38. The van der Waals surface area contributed by atoms with Crippen LogP contribution in [0.1, 0.15) is 30.8 Å². The molecule has 3 heterocycles. The Balaban J connectivity index is 1.73. The average molecular weight is 434 g/mol. The zero-order valence-electron chi connectivity index (χ0n) is 19.0. The van der Waals surface area contributed by atoms with E-state index in [-0.39, 0.29) is 0 Å². The van der Waals surface area contributed by atoms with Gasteiger partial charge in [-0.15, -0.1) is 10.2 Å². The molecule has 0 atom stereocenters. The number of aryl methyl sites for hydroxylation is 2. The highest BCUT2D eigenvalue weighted by molar-refractivity contribution is 6.03. The first kappa shape index (κ1) is 20.6. The Morgan fingerprint density at radius 1 is 0.970 bits per heavy atom. The van der Waals surface area contributed by atoms with Crippen LogP contribution in [0.5, 0.6) is 0 Å². The number of hydrogen-bond acceptors (Lipinski definition) is 5. The van der Waals surface area contributed by atoms with Crippen LogP contribution in [0.15, 0.2) is 54.7 Å². The molecule has 2 N–H and O–H groups in total. The molecule has 3 aromatic heterocycles. The first-order valence-corrected chi connectivity index (χ1v) is 10.7. The third-order valence-electron chi connectivity index (χ3n) is 6.09. The molecule has 7 heteroatoms. The smallest absolute Gasteiger partial charge is 0.252 e. The minimum Gasteiger partial charge on any atom is -0.383 e. The first-order chi connectivity index (χ1) is 15.8. The molecule has 5 rings (SSSR count). The van der Waals surface area contributed by atoms with Crippen LogP contribution in [0.2, 0.25) is 0 Å². The lowest BCUT2D eigenvalue weighted by atomic mass is 9.95. The summed E-state index contributed by atoms with van der Waals surface area (Å²) in [6, 6.07) is 16.2. The van der Waals surface area contributed by atoms with Gasteiger partial charge in [0, 0.05) is 42.2 Å². The number of anilines is 1. The molecular formula is C26H23N7. The molecule has 162 valence electrons. The van der Waals surface area contributed by atoms with E-state index in [1.54, 1.807) is 6.20 Å². The maximum Gasteiger partial charge on any atom is 0.252 e. The molecule has 0 aliphatic carbocycles. The number of fused-ring (bicyclic) bond motifs is 3. The summed E-state index contributed by atoms with van der Waals surface area (Å²) in [6.45, 7) is 15.2. The van der Waals surface area contributed by atoms with E-state index in [4.69, 9.17) is 12.3 Å². The lowest BCUT2D eigenvalue weighted by molar-refractivity contribution is 0.664. The summed E-state index contributed by atoms with van der Waals surface area (Å²) < 4.78 is 2.09. The predicted molar refractivity (Wildman–Crippen MR) is 131 cm³/mol. The van der Waals surface area contributed by atoms with Crippen LogP contribution >= 0.6 is 0 Å². The molecule has 0 unspecified atom stereocenters. The van der Waals surface area contributed by atoms with E-state index < -0.39 is 5.54 Å². The van der Waals surface area contributed by atoms with Gasteiger partial charge < -0.3 is 10.6 Å². The van der Waals surface area contributed by atoms with E-state index in [2.05, 4.69) is 35.6 Å². The number of nitrogens with two attached hydrogens (primary N) is 1. The minimum absolute atomic E-state index is 0.534. The molecule has 2 aromatic carbocycles. The molecule has 0 fully saturated rings. The molecule has 0 saturated carbocycles. The molecule has 0 radical (unpaired) electrons. The van der Waals surface area contributed by atoms with Crippen LogP contribution in [0.3, 0.4) is 0 Å². The summed E-state index contributed by atoms with van der Waals surface area (Å²) in [5.41, 5.74) is 12.5. The van der Waals surface area contributed by atoms with Gasteiger partial charge in [-0.1, -0.05) is 6.07 Å². The average Bonchev–Trinajstić information content (AvgIpc) is 3.17. The van der Waals surface area contributed by atoms with E-state index in [1.165, 1.54) is 0 Å². The first-order valence-electron chi connectivity index (χ1n) is 10.7. The Morgan fingerprint density at radius 3 is 2.42 bits per heavy atom. The third-order valence-corrected chi connectivity index (χ3v) is 6.09. The number of aromatic nitrogens is 5. The lowest BCUT2D eigenvalue weighted by Crippen LogP contribution is -2.11. The highest BCUT2D eigenvalue weighted by Gasteiger charge is 2.25. The second-order valence-electron chi connectivity index (χ2n) is 8.74. The molecule has 0 aliphatic heterocycles. The third kappa shape index (κ3) is 3.37. The molecule has 0 saturated heterocycles. The lowest BCUT2D eigenvalue weighted by Gasteiger charge is -2.14. The zero-order chi connectivity index (χ0) is 23.3. The van der Waals surface area contributed by atoms with Crippen molar-refractivity contribution in [3.8, 4) is 16.8 Å². The molecule has 0 aliphatic rings. The van der Waals surface area contributed by atoms with Crippen LogP contribution in [0.25, 0.3) is 43.7 Å². The van der Waals surface area contributed by atoms with E-state index in [0.29, 0.717) is 11.5 Å². The van der Waals surface area contributed by atoms with Gasteiger partial charge in [0.25, 0.3) is 5.54 Å².